The molecule has 0 unspecified atom stereocenters. The standard InChI is InChI=1S/C18H16Br2N2O5/c1-2-25-13-7-10(15(19)16(20)17(13)23)8-21-22-18(24)14-9-26-11-5-3-4-6-12(11)27-14/h3-8,14,23H,2,9H2,1H3,(H,22,24)/b21-8+/t14-/m1/s1. The number of halogens is 2. The van der Waals surface area contributed by atoms with Crippen LogP contribution in [0.15, 0.2) is 44.4 Å². The quantitative estimate of drug-likeness (QED) is 0.484. The first-order valence-electron chi connectivity index (χ1n) is 8.06. The summed E-state index contributed by atoms with van der Waals surface area (Å²) in [6.45, 7) is 2.31. The van der Waals surface area contributed by atoms with E-state index in [0.29, 0.717) is 38.4 Å². The molecule has 0 spiro atoms. The maximum Gasteiger partial charge on any atom is 0.284 e. The molecule has 1 atom stereocenters. The Morgan fingerprint density at radius 2 is 2.11 bits per heavy atom. The highest BCUT2D eigenvalue weighted by Crippen LogP contribution is 2.41. The van der Waals surface area contributed by atoms with Crippen molar-refractivity contribution in [1.82, 2.24) is 5.43 Å². The first-order chi connectivity index (χ1) is 13.0. The van der Waals surface area contributed by atoms with Gasteiger partial charge in [-0.15, -0.1) is 0 Å². The molecule has 3 rings (SSSR count). The van der Waals surface area contributed by atoms with E-state index in [-0.39, 0.29) is 12.4 Å². The molecule has 0 saturated carbocycles. The molecular formula is C18H16Br2N2O5. The zero-order chi connectivity index (χ0) is 19.4. The van der Waals surface area contributed by atoms with Crippen molar-refractivity contribution in [3.8, 4) is 23.0 Å². The largest absolute Gasteiger partial charge is 0.503 e. The lowest BCUT2D eigenvalue weighted by atomic mass is 10.2. The zero-order valence-electron chi connectivity index (χ0n) is 14.2. The Morgan fingerprint density at radius 3 is 2.85 bits per heavy atom. The van der Waals surface area contributed by atoms with E-state index in [1.165, 1.54) is 6.21 Å². The highest BCUT2D eigenvalue weighted by molar-refractivity contribution is 9.13. The number of phenolic OH excluding ortho intramolecular Hbond substituents is 1. The number of carbonyl (C=O) groups excluding carboxylic acids is 1. The number of nitrogens with one attached hydrogen (secondary N) is 1. The topological polar surface area (TPSA) is 89.4 Å². The Kier molecular flexibility index (Phi) is 6.22. The Balaban J connectivity index is 1.68. The van der Waals surface area contributed by atoms with E-state index in [0.717, 1.165) is 0 Å². The van der Waals surface area contributed by atoms with Crippen LogP contribution < -0.4 is 19.6 Å². The highest BCUT2D eigenvalue weighted by atomic mass is 79.9. The normalized spacial score (nSPS) is 15.6. The lowest BCUT2D eigenvalue weighted by Crippen LogP contribution is -2.42. The average Bonchev–Trinajstić information content (AvgIpc) is 2.69. The van der Waals surface area contributed by atoms with Crippen molar-refractivity contribution in [3.63, 3.8) is 0 Å². The molecule has 0 aromatic heterocycles. The lowest BCUT2D eigenvalue weighted by Gasteiger charge is -2.24. The van der Waals surface area contributed by atoms with Crippen LogP contribution in [-0.2, 0) is 4.79 Å². The molecule has 1 heterocycles. The lowest BCUT2D eigenvalue weighted by molar-refractivity contribution is -0.130. The molecule has 0 bridgehead atoms. The van der Waals surface area contributed by atoms with Gasteiger partial charge in [-0.2, -0.15) is 5.10 Å². The van der Waals surface area contributed by atoms with Crippen molar-refractivity contribution >= 4 is 44.0 Å². The highest BCUT2D eigenvalue weighted by Gasteiger charge is 2.27. The molecule has 7 nitrogen and oxygen atoms in total. The molecule has 9 heteroatoms. The molecule has 0 aliphatic carbocycles. The maximum absolute atomic E-state index is 12.3. The molecular weight excluding hydrogens is 484 g/mol. The van der Waals surface area contributed by atoms with Gasteiger partial charge in [0.2, 0.25) is 6.10 Å². The number of aromatic hydroxyl groups is 1. The summed E-state index contributed by atoms with van der Waals surface area (Å²) in [7, 11) is 0. The number of benzene rings is 2. The number of fused-ring (bicyclic) bond motifs is 1. The van der Waals surface area contributed by atoms with Crippen molar-refractivity contribution < 1.29 is 24.1 Å². The molecule has 0 radical (unpaired) electrons. The van der Waals surface area contributed by atoms with Crippen LogP contribution in [0.25, 0.3) is 0 Å². The maximum atomic E-state index is 12.3. The fraction of sp³-hybridized carbons (Fsp3) is 0.222. The number of amides is 1. The van der Waals surface area contributed by atoms with E-state index in [2.05, 4.69) is 42.4 Å². The van der Waals surface area contributed by atoms with Gasteiger partial charge < -0.3 is 19.3 Å². The van der Waals surface area contributed by atoms with E-state index < -0.39 is 12.0 Å². The van der Waals surface area contributed by atoms with Gasteiger partial charge in [0.05, 0.1) is 17.3 Å². The van der Waals surface area contributed by atoms with E-state index in [1.807, 2.05) is 13.0 Å². The zero-order valence-corrected chi connectivity index (χ0v) is 17.4. The molecule has 1 aliphatic heterocycles. The Morgan fingerprint density at radius 1 is 1.37 bits per heavy atom. The van der Waals surface area contributed by atoms with Crippen molar-refractivity contribution in [3.05, 3.63) is 44.8 Å². The minimum absolute atomic E-state index is 0.0173. The number of rotatable bonds is 5. The summed E-state index contributed by atoms with van der Waals surface area (Å²) >= 11 is 6.65. The number of carbonyl (C=O) groups is 1. The van der Waals surface area contributed by atoms with Crippen molar-refractivity contribution in [2.45, 2.75) is 13.0 Å². The van der Waals surface area contributed by atoms with Crippen molar-refractivity contribution in [2.75, 3.05) is 13.2 Å². The van der Waals surface area contributed by atoms with Gasteiger partial charge in [-0.05, 0) is 57.0 Å². The summed E-state index contributed by atoms with van der Waals surface area (Å²) in [5.74, 6) is 0.975. The molecule has 2 aromatic rings. The molecule has 2 aromatic carbocycles. The van der Waals surface area contributed by atoms with Crippen LogP contribution >= 0.6 is 31.9 Å². The van der Waals surface area contributed by atoms with Gasteiger partial charge in [0.25, 0.3) is 5.91 Å². The van der Waals surface area contributed by atoms with Crippen LogP contribution in [-0.4, -0.2) is 36.5 Å². The van der Waals surface area contributed by atoms with Gasteiger partial charge in [-0.3, -0.25) is 4.79 Å². The molecule has 1 amide bonds. The summed E-state index contributed by atoms with van der Waals surface area (Å²) < 4.78 is 17.5. The minimum atomic E-state index is -0.800. The first kappa shape index (κ1) is 19.5. The van der Waals surface area contributed by atoms with E-state index >= 15 is 0 Å². The van der Waals surface area contributed by atoms with Gasteiger partial charge in [-0.1, -0.05) is 12.1 Å². The van der Waals surface area contributed by atoms with Crippen molar-refractivity contribution in [1.29, 1.82) is 0 Å². The van der Waals surface area contributed by atoms with Crippen LogP contribution in [0.5, 0.6) is 23.0 Å². The number of nitrogens with zero attached hydrogens (tertiary/aromatic N) is 1. The van der Waals surface area contributed by atoms with E-state index in [9.17, 15) is 9.90 Å². The second-order valence-electron chi connectivity index (χ2n) is 5.47. The van der Waals surface area contributed by atoms with E-state index in [4.69, 9.17) is 14.2 Å². The monoisotopic (exact) mass is 498 g/mol. The molecule has 2 N–H and O–H groups in total. The van der Waals surface area contributed by atoms with Gasteiger partial charge in [0.1, 0.15) is 6.61 Å². The third-order valence-corrected chi connectivity index (χ3v) is 5.81. The fourth-order valence-electron chi connectivity index (χ4n) is 2.36. The van der Waals surface area contributed by atoms with Gasteiger partial charge >= 0.3 is 0 Å². The third-order valence-electron chi connectivity index (χ3n) is 3.65. The average molecular weight is 500 g/mol. The van der Waals surface area contributed by atoms with Gasteiger partial charge in [0.15, 0.2) is 23.0 Å². The number of hydrazone groups is 1. The van der Waals surface area contributed by atoms with Crippen LogP contribution in [0.4, 0.5) is 0 Å². The Hall–Kier alpha value is -2.26. The predicted octanol–water partition coefficient (Wildman–Crippen LogP) is 3.61. The van der Waals surface area contributed by atoms with Crippen LogP contribution in [0, 0.1) is 0 Å². The fourth-order valence-corrected chi connectivity index (χ4v) is 3.19. The molecule has 0 fully saturated rings. The number of ether oxygens (including phenoxy) is 3. The Bertz CT molecular complexity index is 888. The van der Waals surface area contributed by atoms with Crippen LogP contribution in [0.3, 0.4) is 0 Å². The number of hydrogen-bond donors (Lipinski definition) is 2. The summed E-state index contributed by atoms with van der Waals surface area (Å²) in [6.07, 6.45) is 0.637. The smallest absolute Gasteiger partial charge is 0.284 e. The first-order valence-corrected chi connectivity index (χ1v) is 9.65. The second-order valence-corrected chi connectivity index (χ2v) is 7.06. The number of para-hydroxylation sites is 2. The summed E-state index contributed by atoms with van der Waals surface area (Å²) in [5.41, 5.74) is 3.04. The van der Waals surface area contributed by atoms with Crippen LogP contribution in [0.1, 0.15) is 12.5 Å². The molecule has 1 aliphatic rings. The molecule has 142 valence electrons. The molecule has 0 saturated heterocycles. The number of phenols is 1. The predicted molar refractivity (Wildman–Crippen MR) is 107 cm³/mol. The summed E-state index contributed by atoms with van der Waals surface area (Å²) in [5, 5.41) is 14.0. The van der Waals surface area contributed by atoms with Crippen LogP contribution in [0.2, 0.25) is 0 Å². The van der Waals surface area contributed by atoms with E-state index in [1.54, 1.807) is 24.3 Å². The Labute approximate surface area is 172 Å². The third kappa shape index (κ3) is 4.36. The molecule has 27 heavy (non-hydrogen) atoms. The van der Waals surface area contributed by atoms with Gasteiger partial charge in [-0.25, -0.2) is 5.43 Å². The van der Waals surface area contributed by atoms with Crippen molar-refractivity contribution in [2.24, 2.45) is 5.10 Å². The SMILES string of the molecule is CCOc1cc(/C=N/NC(=O)[C@H]2COc3ccccc3O2)c(Br)c(Br)c1O. The summed E-state index contributed by atoms with van der Waals surface area (Å²) in [4.78, 5) is 12.3. The van der Waals surface area contributed by atoms with Gasteiger partial charge in [0, 0.05) is 10.0 Å². The second kappa shape index (κ2) is 8.62. The summed E-state index contributed by atoms with van der Waals surface area (Å²) in [6, 6.07) is 8.75. The number of hydrogen-bond acceptors (Lipinski definition) is 6. The minimum Gasteiger partial charge on any atom is -0.503 e.